The molecule has 192 valence electrons. The first-order valence-corrected chi connectivity index (χ1v) is 13.4. The van der Waals surface area contributed by atoms with E-state index in [9.17, 15) is 4.79 Å². The molecule has 4 heteroatoms. The quantitative estimate of drug-likeness (QED) is 0.464. The normalized spacial score (nSPS) is 33.6. The summed E-state index contributed by atoms with van der Waals surface area (Å²) in [6, 6.07) is 8.22. The molecule has 0 amide bonds. The largest absolute Gasteiger partial charge is 0.497 e. The number of methoxy groups -OCH3 is 1. The zero-order valence-corrected chi connectivity index (χ0v) is 23.5. The summed E-state index contributed by atoms with van der Waals surface area (Å²) in [5.41, 5.74) is 12.1. The van der Waals surface area contributed by atoms with Gasteiger partial charge in [-0.2, -0.15) is 0 Å². The number of allylic oxidation sites excluding steroid dienone is 8. The molecule has 1 aromatic rings. The fraction of sp³-hybridized carbons (Fsp3) is 0.424. The van der Waals surface area contributed by atoms with Crippen molar-refractivity contribution in [2.24, 2.45) is 10.8 Å². The van der Waals surface area contributed by atoms with Gasteiger partial charge in [-0.1, -0.05) is 24.3 Å². The highest BCUT2D eigenvalue weighted by Crippen LogP contribution is 2.82. The molecule has 4 aliphatic carbocycles. The Morgan fingerprint density at radius 1 is 0.838 bits per heavy atom. The van der Waals surface area contributed by atoms with Gasteiger partial charge in [-0.15, -0.1) is 0 Å². The third-order valence-corrected chi connectivity index (χ3v) is 10.4. The number of hydrogen-bond acceptors (Lipinski definition) is 4. The van der Waals surface area contributed by atoms with Gasteiger partial charge in [0.2, 0.25) is 0 Å². The molecule has 2 spiro atoms. The van der Waals surface area contributed by atoms with Gasteiger partial charge in [0.05, 0.1) is 24.5 Å². The Labute approximate surface area is 220 Å². The number of carbonyl (C=O) groups excluding carboxylic acids is 1. The summed E-state index contributed by atoms with van der Waals surface area (Å²) in [6.45, 7) is 17.8. The first kappa shape index (κ1) is 24.2. The molecule has 1 saturated heterocycles. The van der Waals surface area contributed by atoms with Crippen LogP contribution in [0.1, 0.15) is 67.0 Å². The highest BCUT2D eigenvalue weighted by molar-refractivity contribution is 5.93. The Balaban J connectivity index is 1.83. The van der Waals surface area contributed by atoms with Gasteiger partial charge in [0.25, 0.3) is 0 Å². The van der Waals surface area contributed by atoms with Crippen molar-refractivity contribution >= 4 is 5.97 Å². The molecule has 4 nitrogen and oxygen atoms in total. The zero-order chi connectivity index (χ0) is 26.7. The molecule has 1 heterocycles. The van der Waals surface area contributed by atoms with Crippen molar-refractivity contribution in [2.45, 2.75) is 67.0 Å². The Hall–Kier alpha value is -3.11. The fourth-order valence-corrected chi connectivity index (χ4v) is 8.74. The van der Waals surface area contributed by atoms with E-state index in [0.717, 1.165) is 11.3 Å². The molecule has 0 radical (unpaired) electrons. The molecule has 1 aromatic carbocycles. The molecule has 0 bridgehead atoms. The molecule has 1 fully saturated rings. The SMILES string of the molecule is CCOC(=O)[C@]1(C)N[C@H](c2ccc(OC)cc2)C23C4=C(C)C(C)=C2C(C)=C(C)C2=C(C)C(C)=C(C=C4)C231. The number of esters is 1. The van der Waals surface area contributed by atoms with Crippen LogP contribution >= 0.6 is 0 Å². The summed E-state index contributed by atoms with van der Waals surface area (Å²) in [6.07, 6.45) is 4.63. The van der Waals surface area contributed by atoms with Crippen LogP contribution in [0.15, 0.2) is 92.1 Å². The van der Waals surface area contributed by atoms with Gasteiger partial charge in [0.15, 0.2) is 0 Å². The van der Waals surface area contributed by atoms with Crippen LogP contribution in [0.3, 0.4) is 0 Å². The van der Waals surface area contributed by atoms with Crippen molar-refractivity contribution in [1.29, 1.82) is 0 Å². The van der Waals surface area contributed by atoms with E-state index < -0.39 is 16.4 Å². The van der Waals surface area contributed by atoms with Crippen LogP contribution in [-0.2, 0) is 9.53 Å². The molecule has 1 aliphatic heterocycles. The van der Waals surface area contributed by atoms with E-state index in [-0.39, 0.29) is 12.0 Å². The second-order valence-corrected chi connectivity index (χ2v) is 11.4. The van der Waals surface area contributed by atoms with Crippen molar-refractivity contribution in [3.8, 4) is 5.75 Å². The Morgan fingerprint density at radius 3 is 2.03 bits per heavy atom. The highest BCUT2D eigenvalue weighted by atomic mass is 16.5. The predicted molar refractivity (Wildman–Crippen MR) is 147 cm³/mol. The van der Waals surface area contributed by atoms with Crippen molar-refractivity contribution in [2.75, 3.05) is 13.7 Å². The van der Waals surface area contributed by atoms with Crippen LogP contribution in [0, 0.1) is 10.8 Å². The summed E-state index contributed by atoms with van der Waals surface area (Å²) in [4.78, 5) is 14.2. The number of hydrogen-bond donors (Lipinski definition) is 1. The maximum atomic E-state index is 14.2. The minimum Gasteiger partial charge on any atom is -0.497 e. The summed E-state index contributed by atoms with van der Waals surface area (Å²) in [5.74, 6) is 0.634. The van der Waals surface area contributed by atoms with E-state index in [2.05, 4.69) is 78.1 Å². The number of rotatable bonds is 4. The van der Waals surface area contributed by atoms with Gasteiger partial charge >= 0.3 is 5.97 Å². The summed E-state index contributed by atoms with van der Waals surface area (Å²) >= 11 is 0. The van der Waals surface area contributed by atoms with Crippen molar-refractivity contribution in [1.82, 2.24) is 5.32 Å². The second kappa shape index (κ2) is 7.48. The van der Waals surface area contributed by atoms with E-state index in [1.807, 2.05) is 19.1 Å². The highest BCUT2D eigenvalue weighted by Gasteiger charge is 2.81. The van der Waals surface area contributed by atoms with Crippen molar-refractivity contribution in [3.05, 3.63) is 97.7 Å². The van der Waals surface area contributed by atoms with Crippen molar-refractivity contribution < 1.29 is 14.3 Å². The van der Waals surface area contributed by atoms with E-state index >= 15 is 0 Å². The second-order valence-electron chi connectivity index (χ2n) is 11.4. The molecule has 37 heavy (non-hydrogen) atoms. The molecule has 4 atom stereocenters. The summed E-state index contributed by atoms with van der Waals surface area (Å²) < 4.78 is 11.4. The standard InChI is InChI=1S/C33H37NO3/c1-10-37-30(35)31(8)33-26-16-15-25-17(2)19(4)27(21(6)22(7)28(33)20(5)18(26)3)32(25,33)29(34-31)23-11-13-24(36-9)14-12-23/h11-16,29,34H,10H2,1-9H3/t29-,31+,32?,33?/m1/s1. The molecule has 0 aromatic heterocycles. The minimum atomic E-state index is -0.981. The lowest BCUT2D eigenvalue weighted by Crippen LogP contribution is -2.62. The zero-order valence-electron chi connectivity index (χ0n) is 23.5. The lowest BCUT2D eigenvalue weighted by molar-refractivity contribution is -0.153. The number of benzene rings is 1. The number of ether oxygens (including phenoxy) is 2. The van der Waals surface area contributed by atoms with E-state index in [1.165, 1.54) is 55.7 Å². The van der Waals surface area contributed by atoms with Gasteiger partial charge in [-0.3, -0.25) is 10.1 Å². The van der Waals surface area contributed by atoms with Gasteiger partial charge in [0, 0.05) is 6.04 Å². The smallest absolute Gasteiger partial charge is 0.327 e. The first-order valence-electron chi connectivity index (χ1n) is 13.4. The predicted octanol–water partition coefficient (Wildman–Crippen LogP) is 6.85. The van der Waals surface area contributed by atoms with Crippen molar-refractivity contribution in [3.63, 3.8) is 0 Å². The molecular weight excluding hydrogens is 458 g/mol. The molecule has 1 N–H and O–H groups in total. The third kappa shape index (κ3) is 2.34. The van der Waals surface area contributed by atoms with E-state index in [0.29, 0.717) is 6.61 Å². The minimum absolute atomic E-state index is 0.137. The molecular formula is C33H37NO3. The van der Waals surface area contributed by atoms with Gasteiger partial charge in [-0.25, -0.2) is 0 Å². The number of nitrogens with one attached hydrogen (secondary N) is 1. The monoisotopic (exact) mass is 495 g/mol. The Morgan fingerprint density at radius 2 is 1.41 bits per heavy atom. The maximum Gasteiger partial charge on any atom is 0.327 e. The van der Waals surface area contributed by atoms with Gasteiger partial charge in [-0.05, 0) is 129 Å². The third-order valence-electron chi connectivity index (χ3n) is 10.4. The molecule has 6 rings (SSSR count). The van der Waals surface area contributed by atoms with Gasteiger partial charge < -0.3 is 9.47 Å². The first-order chi connectivity index (χ1) is 17.5. The molecule has 2 unspecified atom stereocenters. The summed E-state index contributed by atoms with van der Waals surface area (Å²) in [7, 11) is 1.69. The van der Waals surface area contributed by atoms with Crippen LogP contribution in [0.5, 0.6) is 5.75 Å². The summed E-state index contributed by atoms with van der Waals surface area (Å²) in [5, 5.41) is 3.98. The number of carbonyl (C=O) groups is 1. The molecule has 5 aliphatic rings. The van der Waals surface area contributed by atoms with E-state index in [1.54, 1.807) is 7.11 Å². The van der Waals surface area contributed by atoms with Crippen LogP contribution in [0.2, 0.25) is 0 Å². The van der Waals surface area contributed by atoms with Crippen LogP contribution < -0.4 is 10.1 Å². The Bertz CT molecular complexity index is 1480. The maximum absolute atomic E-state index is 14.2. The lowest BCUT2D eigenvalue weighted by Gasteiger charge is -2.58. The van der Waals surface area contributed by atoms with E-state index in [4.69, 9.17) is 9.47 Å². The average molecular weight is 496 g/mol. The fourth-order valence-electron chi connectivity index (χ4n) is 8.74. The van der Waals surface area contributed by atoms with Crippen LogP contribution in [0.25, 0.3) is 0 Å². The average Bonchev–Trinajstić information content (AvgIpc) is 3.38. The Kier molecular flexibility index (Phi) is 4.90. The van der Waals surface area contributed by atoms with Crippen LogP contribution in [-0.4, -0.2) is 25.2 Å². The topological polar surface area (TPSA) is 47.6 Å². The van der Waals surface area contributed by atoms with Gasteiger partial charge in [0.1, 0.15) is 11.3 Å². The lowest BCUT2D eigenvalue weighted by atomic mass is 9.41. The van der Waals surface area contributed by atoms with Crippen LogP contribution in [0.4, 0.5) is 0 Å². The molecule has 0 saturated carbocycles.